The highest BCUT2D eigenvalue weighted by atomic mass is 19.1. The summed E-state index contributed by atoms with van der Waals surface area (Å²) in [5, 5.41) is 3.03. The van der Waals surface area contributed by atoms with E-state index in [-0.39, 0.29) is 0 Å². The molecule has 1 saturated heterocycles. The van der Waals surface area contributed by atoms with Crippen LogP contribution in [0.2, 0.25) is 0 Å². The van der Waals surface area contributed by atoms with Crippen LogP contribution in [0.15, 0.2) is 0 Å². The van der Waals surface area contributed by atoms with Gasteiger partial charge in [-0.05, 0) is 7.05 Å². The van der Waals surface area contributed by atoms with Crippen molar-refractivity contribution < 1.29 is 4.39 Å². The topological polar surface area (TPSA) is 15.3 Å². The second kappa shape index (κ2) is 3.88. The quantitative estimate of drug-likeness (QED) is 0.610. The highest BCUT2D eigenvalue weighted by Crippen LogP contribution is 2.24. The van der Waals surface area contributed by atoms with Crippen LogP contribution in [-0.2, 0) is 0 Å². The zero-order chi connectivity index (χ0) is 9.03. The van der Waals surface area contributed by atoms with Gasteiger partial charge in [-0.1, -0.05) is 5.92 Å². The minimum Gasteiger partial charge on any atom is -0.307 e. The summed E-state index contributed by atoms with van der Waals surface area (Å²) >= 11 is 0. The van der Waals surface area contributed by atoms with Gasteiger partial charge in [0.05, 0.1) is 0 Å². The van der Waals surface area contributed by atoms with Crippen molar-refractivity contribution >= 4 is 0 Å². The first-order chi connectivity index (χ1) is 5.70. The minimum atomic E-state index is -1.34. The second-order valence-electron chi connectivity index (χ2n) is 3.24. The van der Waals surface area contributed by atoms with Crippen LogP contribution in [0.1, 0.15) is 12.8 Å². The van der Waals surface area contributed by atoms with Gasteiger partial charge in [0.2, 0.25) is 0 Å². The third-order valence-corrected chi connectivity index (χ3v) is 2.29. The van der Waals surface area contributed by atoms with Crippen molar-refractivity contribution in [1.29, 1.82) is 0 Å². The molecule has 0 bridgehead atoms. The number of hydrogen-bond donors (Lipinski definition) is 1. The Hall–Kier alpha value is -0.590. The normalized spacial score (nSPS) is 23.4. The van der Waals surface area contributed by atoms with Crippen molar-refractivity contribution in [2.45, 2.75) is 18.5 Å². The van der Waals surface area contributed by atoms with E-state index in [0.717, 1.165) is 19.8 Å². The number of nitrogens with zero attached hydrogens (tertiary/aromatic N) is 1. The predicted molar refractivity (Wildman–Crippen MR) is 47.4 cm³/mol. The molecular weight excluding hydrogens is 155 g/mol. The van der Waals surface area contributed by atoms with Crippen LogP contribution in [0, 0.1) is 12.3 Å². The van der Waals surface area contributed by atoms with Crippen LogP contribution < -0.4 is 5.32 Å². The van der Waals surface area contributed by atoms with Crippen molar-refractivity contribution in [1.82, 2.24) is 10.2 Å². The molecule has 0 spiro atoms. The lowest BCUT2D eigenvalue weighted by molar-refractivity contribution is 0.101. The first-order valence-corrected chi connectivity index (χ1v) is 4.24. The van der Waals surface area contributed by atoms with Gasteiger partial charge in [0, 0.05) is 32.6 Å². The largest absolute Gasteiger partial charge is 0.307 e. The van der Waals surface area contributed by atoms with Crippen molar-refractivity contribution in [3.8, 4) is 12.3 Å². The van der Waals surface area contributed by atoms with Crippen molar-refractivity contribution in [2.75, 3.05) is 26.8 Å². The Balaban J connectivity index is 2.35. The summed E-state index contributed by atoms with van der Waals surface area (Å²) in [5.74, 6) is 2.23. The summed E-state index contributed by atoms with van der Waals surface area (Å²) in [4.78, 5) is 2.16. The molecule has 12 heavy (non-hydrogen) atoms. The van der Waals surface area contributed by atoms with Gasteiger partial charge in [0.1, 0.15) is 0 Å². The molecule has 1 N–H and O–H groups in total. The summed E-state index contributed by atoms with van der Waals surface area (Å²) in [6.45, 7) is 2.32. The lowest BCUT2D eigenvalue weighted by Crippen LogP contribution is -2.44. The molecule has 1 heterocycles. The molecular formula is C9H15FN2. The van der Waals surface area contributed by atoms with Crippen molar-refractivity contribution in [2.24, 2.45) is 0 Å². The first kappa shape index (κ1) is 9.50. The van der Waals surface area contributed by atoms with Crippen LogP contribution in [0.4, 0.5) is 4.39 Å². The molecule has 1 aliphatic rings. The average Bonchev–Trinajstić information content (AvgIpc) is 2.10. The van der Waals surface area contributed by atoms with Gasteiger partial charge < -0.3 is 5.32 Å². The highest BCUT2D eigenvalue weighted by Gasteiger charge is 2.31. The third-order valence-electron chi connectivity index (χ3n) is 2.29. The Labute approximate surface area is 73.1 Å². The number of piperidine rings is 1. The van der Waals surface area contributed by atoms with Gasteiger partial charge in [-0.25, -0.2) is 4.39 Å². The number of terminal acetylenes is 1. The van der Waals surface area contributed by atoms with Crippen LogP contribution in [0.5, 0.6) is 0 Å². The van der Waals surface area contributed by atoms with E-state index < -0.39 is 5.67 Å². The van der Waals surface area contributed by atoms with Crippen LogP contribution in [0.3, 0.4) is 0 Å². The molecule has 0 saturated carbocycles. The maximum atomic E-state index is 13.4. The van der Waals surface area contributed by atoms with E-state index in [1.165, 1.54) is 0 Å². The zero-order valence-electron chi connectivity index (χ0n) is 7.44. The monoisotopic (exact) mass is 170 g/mol. The Bertz CT molecular complexity index is 177. The molecule has 0 aliphatic carbocycles. The summed E-state index contributed by atoms with van der Waals surface area (Å²) in [5.41, 5.74) is -1.34. The molecule has 1 rings (SSSR count). The smallest absolute Gasteiger partial charge is 0.173 e. The predicted octanol–water partition coefficient (Wildman–Crippen LogP) is 0.601. The lowest BCUT2D eigenvalue weighted by Gasteiger charge is -2.32. The zero-order valence-corrected chi connectivity index (χ0v) is 7.44. The Morgan fingerprint density at radius 3 is 2.58 bits per heavy atom. The second-order valence-corrected chi connectivity index (χ2v) is 3.24. The van der Waals surface area contributed by atoms with E-state index in [0.29, 0.717) is 12.8 Å². The maximum absolute atomic E-state index is 13.4. The summed E-state index contributed by atoms with van der Waals surface area (Å²) < 4.78 is 13.4. The molecule has 0 aromatic heterocycles. The number of rotatable bonds is 2. The van der Waals surface area contributed by atoms with E-state index in [1.54, 1.807) is 0 Å². The molecule has 1 fully saturated rings. The fraction of sp³-hybridized carbons (Fsp3) is 0.778. The number of halogens is 1. The minimum absolute atomic E-state index is 0.463. The van der Waals surface area contributed by atoms with Gasteiger partial charge >= 0.3 is 0 Å². The molecule has 2 nitrogen and oxygen atoms in total. The fourth-order valence-corrected chi connectivity index (χ4v) is 1.43. The summed E-state index contributed by atoms with van der Waals surface area (Å²) in [6.07, 6.45) is 6.02. The molecule has 0 aromatic carbocycles. The number of alkyl halides is 1. The Morgan fingerprint density at radius 2 is 2.17 bits per heavy atom. The fourth-order valence-electron chi connectivity index (χ4n) is 1.43. The van der Waals surface area contributed by atoms with E-state index in [1.807, 2.05) is 7.05 Å². The number of nitrogens with one attached hydrogen (secondary N) is 1. The Kier molecular flexibility index (Phi) is 3.07. The maximum Gasteiger partial charge on any atom is 0.173 e. The molecule has 1 aliphatic heterocycles. The van der Waals surface area contributed by atoms with Crippen LogP contribution >= 0.6 is 0 Å². The van der Waals surface area contributed by atoms with Crippen LogP contribution in [-0.4, -0.2) is 37.4 Å². The Morgan fingerprint density at radius 1 is 1.58 bits per heavy atom. The molecule has 0 atom stereocenters. The summed E-state index contributed by atoms with van der Waals surface area (Å²) in [6, 6.07) is 0. The molecule has 68 valence electrons. The average molecular weight is 170 g/mol. The first-order valence-electron chi connectivity index (χ1n) is 4.24. The van der Waals surface area contributed by atoms with Gasteiger partial charge in [-0.3, -0.25) is 4.90 Å². The van der Waals surface area contributed by atoms with Crippen molar-refractivity contribution in [3.05, 3.63) is 0 Å². The van der Waals surface area contributed by atoms with Gasteiger partial charge in [-0.2, -0.15) is 0 Å². The molecule has 3 heteroatoms. The molecule has 0 aromatic rings. The highest BCUT2D eigenvalue weighted by molar-refractivity contribution is 5.09. The van der Waals surface area contributed by atoms with Crippen LogP contribution in [0.25, 0.3) is 0 Å². The third kappa shape index (κ3) is 2.20. The number of likely N-dealkylation sites (tertiary alicyclic amines) is 1. The van der Waals surface area contributed by atoms with E-state index in [4.69, 9.17) is 6.42 Å². The molecule has 0 amide bonds. The SMILES string of the molecule is C#CC1(F)CCN(CNC)CC1. The lowest BCUT2D eigenvalue weighted by atomic mass is 9.95. The van der Waals surface area contributed by atoms with Gasteiger partial charge in [0.15, 0.2) is 5.67 Å². The molecule has 0 unspecified atom stereocenters. The number of hydrogen-bond acceptors (Lipinski definition) is 2. The standard InChI is InChI=1S/C9H15FN2/c1-3-9(10)4-6-12(7-5-9)8-11-2/h1,11H,4-8H2,2H3. The van der Waals surface area contributed by atoms with Crippen molar-refractivity contribution in [3.63, 3.8) is 0 Å². The van der Waals surface area contributed by atoms with Gasteiger partial charge in [0.25, 0.3) is 0 Å². The molecule has 0 radical (unpaired) electrons. The van der Waals surface area contributed by atoms with Gasteiger partial charge in [-0.15, -0.1) is 6.42 Å². The van der Waals surface area contributed by atoms with E-state index in [9.17, 15) is 4.39 Å². The van der Waals surface area contributed by atoms with E-state index in [2.05, 4.69) is 16.1 Å². The summed E-state index contributed by atoms with van der Waals surface area (Å²) in [7, 11) is 1.89. The van der Waals surface area contributed by atoms with E-state index >= 15 is 0 Å².